The van der Waals surface area contributed by atoms with Crippen molar-refractivity contribution in [2.24, 2.45) is 10.7 Å². The van der Waals surface area contributed by atoms with Crippen LogP contribution >= 0.6 is 12.6 Å². The fourth-order valence-corrected chi connectivity index (χ4v) is 3.16. The predicted octanol–water partition coefficient (Wildman–Crippen LogP) is 5.37. The van der Waals surface area contributed by atoms with Crippen molar-refractivity contribution in [3.05, 3.63) is 89.4 Å². The van der Waals surface area contributed by atoms with E-state index in [2.05, 4.69) is 55.1 Å². The molecule has 0 aliphatic carbocycles. The summed E-state index contributed by atoms with van der Waals surface area (Å²) in [6.07, 6.45) is 6.89. The minimum absolute atomic E-state index is 0.0468. The number of pyridine rings is 1. The van der Waals surface area contributed by atoms with E-state index in [0.717, 1.165) is 17.2 Å². The Morgan fingerprint density at radius 2 is 1.89 bits per heavy atom. The summed E-state index contributed by atoms with van der Waals surface area (Å²) in [5.74, 6) is -2.82. The summed E-state index contributed by atoms with van der Waals surface area (Å²) in [7, 11) is 1.56. The molecule has 0 aliphatic heterocycles. The molecule has 0 spiro atoms. The van der Waals surface area contributed by atoms with Gasteiger partial charge in [0, 0.05) is 54.4 Å². The van der Waals surface area contributed by atoms with Crippen LogP contribution in [0.4, 0.5) is 36.3 Å². The summed E-state index contributed by atoms with van der Waals surface area (Å²) in [6.45, 7) is 5.67. The third-order valence-corrected chi connectivity index (χ3v) is 4.64. The minimum Gasteiger partial charge on any atom is -0.403 e. The van der Waals surface area contributed by atoms with Crippen molar-refractivity contribution < 1.29 is 13.2 Å². The number of aromatic nitrogens is 3. The number of nitrogens with two attached hydrogens (primary N) is 1. The molecule has 12 heteroatoms. The molecule has 0 amide bonds. The van der Waals surface area contributed by atoms with Crippen LogP contribution in [0.25, 0.3) is 11.1 Å². The second-order valence-electron chi connectivity index (χ2n) is 7.34. The number of hydrogen-bond acceptors (Lipinski definition) is 9. The number of nitrogens with one attached hydrogen (secondary N) is 3. The van der Waals surface area contributed by atoms with E-state index in [0.29, 0.717) is 17.1 Å². The van der Waals surface area contributed by atoms with E-state index < -0.39 is 17.6 Å². The van der Waals surface area contributed by atoms with Crippen molar-refractivity contribution in [2.75, 3.05) is 23.0 Å². The maximum atomic E-state index is 14.8. The molecule has 0 atom stereocenters. The fraction of sp³-hybridized carbons (Fsp3) is 0.0833. The van der Waals surface area contributed by atoms with Gasteiger partial charge in [-0.05, 0) is 42.2 Å². The Labute approximate surface area is 211 Å². The molecule has 0 unspecified atom stereocenters. The number of halogens is 3. The maximum Gasteiger partial charge on any atom is 0.248 e. The van der Waals surface area contributed by atoms with Crippen LogP contribution in [0.3, 0.4) is 0 Å². The molecule has 0 bridgehead atoms. The number of thiol groups is 1. The number of anilines is 4. The largest absolute Gasteiger partial charge is 0.403 e. The van der Waals surface area contributed by atoms with E-state index >= 15 is 0 Å². The highest BCUT2D eigenvalue weighted by atomic mass is 32.1. The lowest BCUT2D eigenvalue weighted by Crippen LogP contribution is -2.09. The van der Waals surface area contributed by atoms with Crippen molar-refractivity contribution in [2.45, 2.75) is 6.92 Å². The highest BCUT2D eigenvalue weighted by Gasteiger charge is 2.15. The third-order valence-electron chi connectivity index (χ3n) is 4.51. The van der Waals surface area contributed by atoms with E-state index in [9.17, 15) is 13.2 Å². The lowest BCUT2D eigenvalue weighted by molar-refractivity contribution is 0.480. The fourth-order valence-electron chi connectivity index (χ4n) is 3.00. The van der Waals surface area contributed by atoms with Crippen LogP contribution in [-0.4, -0.2) is 28.2 Å². The molecule has 3 rings (SSSR count). The zero-order valence-corrected chi connectivity index (χ0v) is 20.2. The van der Waals surface area contributed by atoms with Crippen molar-refractivity contribution in [3.8, 4) is 11.1 Å². The summed E-state index contributed by atoms with van der Waals surface area (Å²) >= 11 is 4.21. The Morgan fingerprint density at radius 1 is 1.11 bits per heavy atom. The predicted molar refractivity (Wildman–Crippen MR) is 141 cm³/mol. The van der Waals surface area contributed by atoms with E-state index in [1.54, 1.807) is 20.0 Å². The third kappa shape index (κ3) is 6.85. The number of rotatable bonds is 9. The van der Waals surface area contributed by atoms with Crippen LogP contribution in [0.2, 0.25) is 0 Å². The Bertz CT molecular complexity index is 1370. The van der Waals surface area contributed by atoms with Gasteiger partial charge in [-0.1, -0.05) is 6.58 Å². The first-order valence-corrected chi connectivity index (χ1v) is 10.8. The van der Waals surface area contributed by atoms with Gasteiger partial charge in [0.05, 0.1) is 11.4 Å². The second-order valence-corrected chi connectivity index (χ2v) is 8.05. The molecular formula is C24H23F3N8S. The molecule has 1 aromatic carbocycles. The summed E-state index contributed by atoms with van der Waals surface area (Å²) in [6, 6.07) is 5.22. The number of nitrogens with zero attached hydrogens (tertiary/aromatic N) is 4. The first-order chi connectivity index (χ1) is 17.2. The molecule has 3 aromatic rings. The molecule has 0 aliphatic rings. The lowest BCUT2D eigenvalue weighted by atomic mass is 10.1. The van der Waals surface area contributed by atoms with Gasteiger partial charge in [-0.15, -0.1) is 12.6 Å². The molecule has 5 N–H and O–H groups in total. The highest BCUT2D eigenvalue weighted by molar-refractivity contribution is 7.84. The monoisotopic (exact) mass is 512 g/mol. The smallest absolute Gasteiger partial charge is 0.248 e. The van der Waals surface area contributed by atoms with Gasteiger partial charge in [-0.25, -0.2) is 18.7 Å². The Kier molecular flexibility index (Phi) is 8.68. The first-order valence-electron chi connectivity index (χ1n) is 10.4. The Morgan fingerprint density at radius 3 is 2.56 bits per heavy atom. The van der Waals surface area contributed by atoms with Crippen LogP contribution in [0, 0.1) is 17.6 Å². The molecular weight excluding hydrogens is 489 g/mol. The van der Waals surface area contributed by atoms with Crippen molar-refractivity contribution in [3.63, 3.8) is 0 Å². The molecule has 0 radical (unpaired) electrons. The number of hydrogen-bond donors (Lipinski definition) is 5. The average Bonchev–Trinajstić information content (AvgIpc) is 2.82. The second kappa shape index (κ2) is 11.9. The average molecular weight is 513 g/mol. The number of allylic oxidation sites excluding steroid dienone is 3. The van der Waals surface area contributed by atoms with Gasteiger partial charge in [0.1, 0.15) is 11.6 Å². The van der Waals surface area contributed by atoms with Gasteiger partial charge < -0.3 is 21.7 Å². The molecule has 0 fully saturated rings. The molecule has 8 nitrogen and oxygen atoms in total. The normalized spacial score (nSPS) is 12.1. The zero-order valence-electron chi connectivity index (χ0n) is 19.4. The van der Waals surface area contributed by atoms with Crippen molar-refractivity contribution >= 4 is 42.0 Å². The van der Waals surface area contributed by atoms with Crippen LogP contribution in [0.1, 0.15) is 6.92 Å². The minimum atomic E-state index is -1.25. The van der Waals surface area contributed by atoms with Gasteiger partial charge >= 0.3 is 0 Å². The van der Waals surface area contributed by atoms with Gasteiger partial charge in [0.15, 0.2) is 5.82 Å². The summed E-state index contributed by atoms with van der Waals surface area (Å²) in [5.41, 5.74) is 7.51. The number of benzene rings is 1. The van der Waals surface area contributed by atoms with Gasteiger partial charge in [-0.3, -0.25) is 4.99 Å². The molecule has 0 saturated carbocycles. The Balaban J connectivity index is 2.05. The number of aliphatic imine (C=N–C) groups is 1. The molecule has 2 heterocycles. The molecule has 186 valence electrons. The van der Waals surface area contributed by atoms with Crippen LogP contribution < -0.4 is 21.7 Å². The van der Waals surface area contributed by atoms with Gasteiger partial charge in [-0.2, -0.15) is 9.37 Å². The van der Waals surface area contributed by atoms with E-state index in [4.69, 9.17) is 5.73 Å². The molecule has 0 saturated heterocycles. The molecule has 2 aromatic heterocycles. The first kappa shape index (κ1) is 26.3. The van der Waals surface area contributed by atoms with E-state index in [-0.39, 0.29) is 28.6 Å². The summed E-state index contributed by atoms with van der Waals surface area (Å²) in [5, 5.41) is 8.80. The van der Waals surface area contributed by atoms with Crippen molar-refractivity contribution in [1.29, 1.82) is 0 Å². The summed E-state index contributed by atoms with van der Waals surface area (Å²) < 4.78 is 42.1. The summed E-state index contributed by atoms with van der Waals surface area (Å²) in [4.78, 5) is 16.6. The Hall–Kier alpha value is -4.32. The maximum absolute atomic E-state index is 14.8. The van der Waals surface area contributed by atoms with E-state index in [1.807, 2.05) is 0 Å². The van der Waals surface area contributed by atoms with Gasteiger partial charge in [0.25, 0.3) is 0 Å². The van der Waals surface area contributed by atoms with Crippen molar-refractivity contribution in [1.82, 2.24) is 15.0 Å². The highest BCUT2D eigenvalue weighted by Crippen LogP contribution is 2.31. The zero-order chi connectivity index (χ0) is 26.2. The van der Waals surface area contributed by atoms with Crippen LogP contribution in [-0.2, 0) is 0 Å². The topological polar surface area (TPSA) is 113 Å². The quantitative estimate of drug-likeness (QED) is 0.113. The van der Waals surface area contributed by atoms with Crippen LogP contribution in [0.15, 0.2) is 76.8 Å². The standard InChI is InChI=1S/C24H23F3N8S/c1-13(6-14(2)36)32-16-4-5-19(25)21(8-16)34-23-18(15-7-20(26)22(27)30-10-15)12-31-24(35-23)33-17(9-28)11-29-3/h4-12,32,36H,1,28H2,2-3H3,(H2,31,33,34,35)/b14-6+,17-9+,29-11?. The van der Waals surface area contributed by atoms with Gasteiger partial charge in [0.2, 0.25) is 11.9 Å². The van der Waals surface area contributed by atoms with Crippen LogP contribution in [0.5, 0.6) is 0 Å². The lowest BCUT2D eigenvalue weighted by Gasteiger charge is -2.15. The SMILES string of the molecule is C=C(/C=C(\C)S)Nc1ccc(F)c(Nc2nc(N/C(C=NC)=C/N)ncc2-c2cnc(F)c(F)c2)c1. The van der Waals surface area contributed by atoms with E-state index in [1.165, 1.54) is 36.8 Å². The molecule has 36 heavy (non-hydrogen) atoms.